The second-order valence-corrected chi connectivity index (χ2v) is 4.56. The quantitative estimate of drug-likeness (QED) is 0.633. The van der Waals surface area contributed by atoms with E-state index < -0.39 is 0 Å². The number of ether oxygens (including phenoxy) is 4. The largest absolute Gasteiger partial charge is 0.392 e. The van der Waals surface area contributed by atoms with Crippen LogP contribution in [0.5, 0.6) is 0 Å². The van der Waals surface area contributed by atoms with E-state index >= 15 is 0 Å². The molecule has 2 aliphatic heterocycles. The predicted octanol–water partition coefficient (Wildman–Crippen LogP) is -0.587. The van der Waals surface area contributed by atoms with E-state index in [1.54, 1.807) is 14.2 Å². The number of nitrogens with zero attached hydrogens (tertiary/aromatic N) is 1. The van der Waals surface area contributed by atoms with Crippen molar-refractivity contribution in [3.63, 3.8) is 0 Å². The topological polar surface area (TPSA) is 60.4 Å². The molecule has 100 valence electrons. The van der Waals surface area contributed by atoms with Crippen molar-refractivity contribution >= 4 is 0 Å². The fourth-order valence-corrected chi connectivity index (χ4v) is 2.71. The highest BCUT2D eigenvalue weighted by Crippen LogP contribution is 2.32. The molecule has 0 radical (unpaired) electrons. The lowest BCUT2D eigenvalue weighted by atomic mass is 10.1. The van der Waals surface area contributed by atoms with E-state index in [9.17, 15) is 5.11 Å². The number of aliphatic hydroxyl groups excluding tert-OH is 1. The van der Waals surface area contributed by atoms with Gasteiger partial charge in [0.1, 0.15) is 25.8 Å². The average Bonchev–Trinajstić information content (AvgIpc) is 2.80. The first-order valence-corrected chi connectivity index (χ1v) is 5.89. The van der Waals surface area contributed by atoms with Crippen LogP contribution in [0.25, 0.3) is 0 Å². The molecule has 0 aromatic heterocycles. The molecule has 0 saturated carbocycles. The molecule has 0 aromatic carbocycles. The molecule has 2 rings (SSSR count). The van der Waals surface area contributed by atoms with Gasteiger partial charge in [0, 0.05) is 33.4 Å². The Morgan fingerprint density at radius 3 is 2.53 bits per heavy atom. The monoisotopic (exact) mass is 247 g/mol. The van der Waals surface area contributed by atoms with Gasteiger partial charge in [-0.05, 0) is 6.42 Å². The second-order valence-electron chi connectivity index (χ2n) is 4.56. The smallest absolute Gasteiger partial charge is 0.146 e. The van der Waals surface area contributed by atoms with Gasteiger partial charge in [0.2, 0.25) is 0 Å². The van der Waals surface area contributed by atoms with E-state index in [2.05, 4.69) is 4.90 Å². The molecule has 2 heterocycles. The molecule has 4 atom stereocenters. The molecule has 2 fully saturated rings. The summed E-state index contributed by atoms with van der Waals surface area (Å²) in [6.07, 6.45) is 0.420. The fourth-order valence-electron chi connectivity index (χ4n) is 2.71. The summed E-state index contributed by atoms with van der Waals surface area (Å²) in [5.41, 5.74) is 0. The van der Waals surface area contributed by atoms with Gasteiger partial charge in [0.15, 0.2) is 0 Å². The van der Waals surface area contributed by atoms with E-state index in [1.165, 1.54) is 0 Å². The van der Waals surface area contributed by atoms with Crippen molar-refractivity contribution in [2.45, 2.75) is 30.8 Å². The molecule has 0 aromatic rings. The summed E-state index contributed by atoms with van der Waals surface area (Å²) in [6.45, 7) is 1.99. The molecule has 0 aliphatic carbocycles. The summed E-state index contributed by atoms with van der Waals surface area (Å²) < 4.78 is 21.1. The number of methoxy groups -OCH3 is 2. The van der Waals surface area contributed by atoms with Crippen LogP contribution in [0.15, 0.2) is 0 Å². The summed E-state index contributed by atoms with van der Waals surface area (Å²) >= 11 is 0. The Morgan fingerprint density at radius 2 is 1.82 bits per heavy atom. The Hall–Kier alpha value is -0.240. The Morgan fingerprint density at radius 1 is 1.12 bits per heavy atom. The first-order valence-electron chi connectivity index (χ1n) is 5.89. The van der Waals surface area contributed by atoms with Gasteiger partial charge in [-0.25, -0.2) is 0 Å². The second kappa shape index (κ2) is 6.08. The molecular weight excluding hydrogens is 226 g/mol. The lowest BCUT2D eigenvalue weighted by molar-refractivity contribution is -0.147. The van der Waals surface area contributed by atoms with Crippen molar-refractivity contribution in [1.29, 1.82) is 0 Å². The number of rotatable bonds is 6. The average molecular weight is 247 g/mol. The standard InChI is InChI=1S/C11H21NO5/c1-14-6-16-10-5-12-4-8(13)3-9(12)11(10)17-7-15-2/h8-11,13H,3-7H2,1-2H3/t8-,9-,10-,11-/m1/s1. The highest BCUT2D eigenvalue weighted by atomic mass is 16.7. The van der Waals surface area contributed by atoms with Crippen LogP contribution in [0.2, 0.25) is 0 Å². The van der Waals surface area contributed by atoms with Crippen molar-refractivity contribution in [2.24, 2.45) is 0 Å². The number of aliphatic hydroxyl groups is 1. The molecule has 6 heteroatoms. The van der Waals surface area contributed by atoms with Gasteiger partial charge in [0.05, 0.1) is 6.10 Å². The summed E-state index contributed by atoms with van der Waals surface area (Å²) in [7, 11) is 3.20. The van der Waals surface area contributed by atoms with Gasteiger partial charge in [-0.1, -0.05) is 0 Å². The van der Waals surface area contributed by atoms with Gasteiger partial charge in [-0.15, -0.1) is 0 Å². The molecule has 17 heavy (non-hydrogen) atoms. The normalized spacial score (nSPS) is 37.6. The third-order valence-electron chi connectivity index (χ3n) is 3.37. The zero-order valence-electron chi connectivity index (χ0n) is 10.4. The summed E-state index contributed by atoms with van der Waals surface area (Å²) in [5.74, 6) is 0. The zero-order valence-corrected chi connectivity index (χ0v) is 10.4. The van der Waals surface area contributed by atoms with Crippen LogP contribution in [0.4, 0.5) is 0 Å². The molecule has 0 spiro atoms. The van der Waals surface area contributed by atoms with E-state index in [0.717, 1.165) is 13.0 Å². The van der Waals surface area contributed by atoms with Crippen molar-refractivity contribution in [3.05, 3.63) is 0 Å². The predicted molar refractivity (Wildman–Crippen MR) is 59.5 cm³/mol. The van der Waals surface area contributed by atoms with Crippen molar-refractivity contribution in [3.8, 4) is 0 Å². The maximum atomic E-state index is 9.65. The van der Waals surface area contributed by atoms with Gasteiger partial charge in [-0.2, -0.15) is 0 Å². The highest BCUT2D eigenvalue weighted by Gasteiger charge is 2.48. The van der Waals surface area contributed by atoms with Crippen LogP contribution < -0.4 is 0 Å². The number of hydrogen-bond donors (Lipinski definition) is 1. The van der Waals surface area contributed by atoms with E-state index in [0.29, 0.717) is 6.54 Å². The molecule has 0 unspecified atom stereocenters. The molecule has 2 aliphatic rings. The molecular formula is C11H21NO5. The summed E-state index contributed by atoms with van der Waals surface area (Å²) in [4.78, 5) is 2.21. The Bertz CT molecular complexity index is 240. The maximum absolute atomic E-state index is 9.65. The molecule has 1 N–H and O–H groups in total. The molecule has 0 amide bonds. The Balaban J connectivity index is 1.93. The molecule has 2 saturated heterocycles. The van der Waals surface area contributed by atoms with Crippen LogP contribution in [-0.2, 0) is 18.9 Å². The summed E-state index contributed by atoms with van der Waals surface area (Å²) in [5, 5.41) is 9.65. The first kappa shape index (κ1) is 13.2. The third-order valence-corrected chi connectivity index (χ3v) is 3.37. The van der Waals surface area contributed by atoms with Gasteiger partial charge in [0.25, 0.3) is 0 Å². The first-order chi connectivity index (χ1) is 8.26. The fraction of sp³-hybridized carbons (Fsp3) is 1.00. The van der Waals surface area contributed by atoms with Crippen LogP contribution in [0.3, 0.4) is 0 Å². The van der Waals surface area contributed by atoms with Gasteiger partial charge in [-0.3, -0.25) is 4.90 Å². The minimum atomic E-state index is -0.253. The SMILES string of the molecule is COCO[C@@H]1[C@H]2C[C@@H](O)CN2C[C@H]1OCOC. The Labute approximate surface area is 101 Å². The number of hydrogen-bond acceptors (Lipinski definition) is 6. The lowest BCUT2D eigenvalue weighted by Gasteiger charge is -2.23. The van der Waals surface area contributed by atoms with E-state index in [-0.39, 0.29) is 37.9 Å². The van der Waals surface area contributed by atoms with E-state index in [4.69, 9.17) is 18.9 Å². The zero-order chi connectivity index (χ0) is 12.3. The third kappa shape index (κ3) is 2.96. The van der Waals surface area contributed by atoms with Gasteiger partial charge >= 0.3 is 0 Å². The van der Waals surface area contributed by atoms with Crippen molar-refractivity contribution in [1.82, 2.24) is 4.90 Å². The maximum Gasteiger partial charge on any atom is 0.146 e. The van der Waals surface area contributed by atoms with Crippen molar-refractivity contribution < 1.29 is 24.1 Å². The molecule has 6 nitrogen and oxygen atoms in total. The molecule has 0 bridgehead atoms. The van der Waals surface area contributed by atoms with Crippen LogP contribution in [0, 0.1) is 0 Å². The Kier molecular flexibility index (Phi) is 4.72. The highest BCUT2D eigenvalue weighted by molar-refractivity contribution is 5.01. The van der Waals surface area contributed by atoms with Crippen LogP contribution in [-0.4, -0.2) is 75.3 Å². The van der Waals surface area contributed by atoms with Gasteiger partial charge < -0.3 is 24.1 Å². The van der Waals surface area contributed by atoms with E-state index in [1.807, 2.05) is 0 Å². The van der Waals surface area contributed by atoms with Crippen LogP contribution >= 0.6 is 0 Å². The minimum Gasteiger partial charge on any atom is -0.392 e. The summed E-state index contributed by atoms with van der Waals surface area (Å²) in [6, 6.07) is 0.224. The number of fused-ring (bicyclic) bond motifs is 1. The lowest BCUT2D eigenvalue weighted by Crippen LogP contribution is -2.36. The van der Waals surface area contributed by atoms with Crippen LogP contribution in [0.1, 0.15) is 6.42 Å². The minimum absolute atomic E-state index is 0.0115. The van der Waals surface area contributed by atoms with Crippen molar-refractivity contribution in [2.75, 3.05) is 40.9 Å².